The molecule has 1 aromatic heterocycles. The molecule has 0 atom stereocenters. The van der Waals surface area contributed by atoms with E-state index in [-0.39, 0.29) is 0 Å². The van der Waals surface area contributed by atoms with Crippen molar-refractivity contribution in [3.63, 3.8) is 0 Å². The van der Waals surface area contributed by atoms with Gasteiger partial charge in [-0.15, -0.1) is 0 Å². The SMILES string of the molecule is Cc1ccc(-c2cc(C=O)ncn2)cc1. The Balaban J connectivity index is 2.44. The van der Waals surface area contributed by atoms with Crippen LogP contribution in [0, 0.1) is 6.92 Å². The van der Waals surface area contributed by atoms with E-state index >= 15 is 0 Å². The van der Waals surface area contributed by atoms with E-state index in [1.807, 2.05) is 31.2 Å². The maximum Gasteiger partial charge on any atom is 0.168 e. The quantitative estimate of drug-likeness (QED) is 0.695. The maximum atomic E-state index is 10.6. The van der Waals surface area contributed by atoms with Crippen LogP contribution in [0.1, 0.15) is 16.1 Å². The van der Waals surface area contributed by atoms with Gasteiger partial charge in [0.1, 0.15) is 12.0 Å². The zero-order chi connectivity index (χ0) is 10.7. The molecule has 0 saturated carbocycles. The molecular formula is C12H10N2O. The van der Waals surface area contributed by atoms with Crippen molar-refractivity contribution in [3.8, 4) is 11.3 Å². The number of nitrogens with zero attached hydrogens (tertiary/aromatic N) is 2. The summed E-state index contributed by atoms with van der Waals surface area (Å²) < 4.78 is 0. The van der Waals surface area contributed by atoms with E-state index in [4.69, 9.17) is 0 Å². The lowest BCUT2D eigenvalue weighted by Gasteiger charge is -2.00. The predicted octanol–water partition coefficient (Wildman–Crippen LogP) is 2.26. The van der Waals surface area contributed by atoms with Gasteiger partial charge in [0.15, 0.2) is 6.29 Å². The average Bonchev–Trinajstić information content (AvgIpc) is 2.30. The molecule has 0 aliphatic carbocycles. The summed E-state index contributed by atoms with van der Waals surface area (Å²) in [6.07, 6.45) is 2.12. The number of benzene rings is 1. The smallest absolute Gasteiger partial charge is 0.168 e. The number of carbonyl (C=O) groups excluding carboxylic acids is 1. The standard InChI is InChI=1S/C12H10N2O/c1-9-2-4-10(5-3-9)12-6-11(7-15)13-8-14-12/h2-8H,1H3. The van der Waals surface area contributed by atoms with Gasteiger partial charge < -0.3 is 0 Å². The van der Waals surface area contributed by atoms with Crippen LogP contribution in [0.15, 0.2) is 36.7 Å². The predicted molar refractivity (Wildman–Crippen MR) is 57.6 cm³/mol. The summed E-state index contributed by atoms with van der Waals surface area (Å²) in [4.78, 5) is 18.5. The molecule has 0 radical (unpaired) electrons. The molecule has 0 unspecified atom stereocenters. The third-order valence-corrected chi connectivity index (χ3v) is 2.16. The first-order valence-corrected chi connectivity index (χ1v) is 4.64. The zero-order valence-electron chi connectivity index (χ0n) is 8.34. The second-order valence-corrected chi connectivity index (χ2v) is 3.31. The number of aldehydes is 1. The van der Waals surface area contributed by atoms with Gasteiger partial charge in [-0.05, 0) is 13.0 Å². The van der Waals surface area contributed by atoms with E-state index in [0.29, 0.717) is 5.69 Å². The lowest BCUT2D eigenvalue weighted by molar-refractivity contribution is 0.111. The minimum absolute atomic E-state index is 0.403. The van der Waals surface area contributed by atoms with Crippen LogP contribution in [0.2, 0.25) is 0 Å². The number of aromatic nitrogens is 2. The highest BCUT2D eigenvalue weighted by Crippen LogP contribution is 2.16. The Bertz CT molecular complexity index is 477. The average molecular weight is 198 g/mol. The molecule has 3 heteroatoms. The van der Waals surface area contributed by atoms with E-state index in [1.54, 1.807) is 6.07 Å². The Morgan fingerprint density at radius 2 is 1.87 bits per heavy atom. The van der Waals surface area contributed by atoms with Gasteiger partial charge in [-0.25, -0.2) is 9.97 Å². The fraction of sp³-hybridized carbons (Fsp3) is 0.0833. The number of hydrogen-bond donors (Lipinski definition) is 0. The van der Waals surface area contributed by atoms with Gasteiger partial charge in [-0.3, -0.25) is 4.79 Å². The minimum Gasteiger partial charge on any atom is -0.296 e. The fourth-order valence-corrected chi connectivity index (χ4v) is 1.32. The molecule has 2 rings (SSSR count). The third kappa shape index (κ3) is 2.07. The molecule has 0 spiro atoms. The van der Waals surface area contributed by atoms with Gasteiger partial charge in [-0.2, -0.15) is 0 Å². The van der Waals surface area contributed by atoms with Gasteiger partial charge in [0.2, 0.25) is 0 Å². The molecule has 1 aromatic carbocycles. The van der Waals surface area contributed by atoms with Crippen LogP contribution in [-0.2, 0) is 0 Å². The molecule has 0 N–H and O–H groups in total. The van der Waals surface area contributed by atoms with Crippen LogP contribution in [-0.4, -0.2) is 16.3 Å². The molecule has 74 valence electrons. The normalized spacial score (nSPS) is 9.93. The number of hydrogen-bond acceptors (Lipinski definition) is 3. The van der Waals surface area contributed by atoms with E-state index in [0.717, 1.165) is 17.5 Å². The van der Waals surface area contributed by atoms with Crippen molar-refractivity contribution in [3.05, 3.63) is 47.9 Å². The number of carbonyl (C=O) groups is 1. The van der Waals surface area contributed by atoms with Crippen LogP contribution in [0.3, 0.4) is 0 Å². The first-order chi connectivity index (χ1) is 7.29. The van der Waals surface area contributed by atoms with Crippen LogP contribution >= 0.6 is 0 Å². The Kier molecular flexibility index (Phi) is 2.54. The summed E-state index contributed by atoms with van der Waals surface area (Å²) >= 11 is 0. The second-order valence-electron chi connectivity index (χ2n) is 3.31. The van der Waals surface area contributed by atoms with Gasteiger partial charge in [0, 0.05) is 5.56 Å². The van der Waals surface area contributed by atoms with Crippen LogP contribution in [0.5, 0.6) is 0 Å². The molecule has 0 aliphatic heterocycles. The summed E-state index contributed by atoms with van der Waals surface area (Å²) in [5.41, 5.74) is 3.36. The molecule has 2 aromatic rings. The summed E-state index contributed by atoms with van der Waals surface area (Å²) in [6.45, 7) is 2.03. The number of rotatable bonds is 2. The molecule has 15 heavy (non-hydrogen) atoms. The Morgan fingerprint density at radius 1 is 1.13 bits per heavy atom. The first kappa shape index (κ1) is 9.52. The van der Waals surface area contributed by atoms with Crippen molar-refractivity contribution >= 4 is 6.29 Å². The van der Waals surface area contributed by atoms with Crippen molar-refractivity contribution in [2.45, 2.75) is 6.92 Å². The van der Waals surface area contributed by atoms with Crippen molar-refractivity contribution in [1.29, 1.82) is 0 Å². The van der Waals surface area contributed by atoms with Crippen molar-refractivity contribution in [2.75, 3.05) is 0 Å². The maximum absolute atomic E-state index is 10.6. The highest BCUT2D eigenvalue weighted by atomic mass is 16.1. The molecule has 0 bridgehead atoms. The molecule has 0 amide bonds. The summed E-state index contributed by atoms with van der Waals surface area (Å²) in [7, 11) is 0. The van der Waals surface area contributed by atoms with E-state index in [1.165, 1.54) is 11.9 Å². The third-order valence-electron chi connectivity index (χ3n) is 2.16. The van der Waals surface area contributed by atoms with E-state index < -0.39 is 0 Å². The lowest BCUT2D eigenvalue weighted by atomic mass is 10.1. The Hall–Kier alpha value is -2.03. The number of aryl methyl sites for hydroxylation is 1. The van der Waals surface area contributed by atoms with Crippen LogP contribution < -0.4 is 0 Å². The van der Waals surface area contributed by atoms with Crippen LogP contribution in [0.25, 0.3) is 11.3 Å². The van der Waals surface area contributed by atoms with Gasteiger partial charge >= 0.3 is 0 Å². The lowest BCUT2D eigenvalue weighted by Crippen LogP contribution is -1.90. The van der Waals surface area contributed by atoms with Crippen LogP contribution in [0.4, 0.5) is 0 Å². The minimum atomic E-state index is 0.403. The fourth-order valence-electron chi connectivity index (χ4n) is 1.32. The van der Waals surface area contributed by atoms with Gasteiger partial charge in [0.25, 0.3) is 0 Å². The van der Waals surface area contributed by atoms with Gasteiger partial charge in [-0.1, -0.05) is 29.8 Å². The summed E-state index contributed by atoms with van der Waals surface area (Å²) in [5, 5.41) is 0. The highest BCUT2D eigenvalue weighted by Gasteiger charge is 2.00. The zero-order valence-corrected chi connectivity index (χ0v) is 8.34. The Labute approximate surface area is 87.8 Å². The highest BCUT2D eigenvalue weighted by molar-refractivity contribution is 5.74. The van der Waals surface area contributed by atoms with Crippen molar-refractivity contribution in [2.24, 2.45) is 0 Å². The molecule has 0 aliphatic rings. The summed E-state index contributed by atoms with van der Waals surface area (Å²) in [6, 6.07) is 9.66. The molecule has 0 fully saturated rings. The van der Waals surface area contributed by atoms with E-state index in [2.05, 4.69) is 9.97 Å². The first-order valence-electron chi connectivity index (χ1n) is 4.64. The van der Waals surface area contributed by atoms with Gasteiger partial charge in [0.05, 0.1) is 5.69 Å². The molecule has 0 saturated heterocycles. The largest absolute Gasteiger partial charge is 0.296 e. The molecule has 3 nitrogen and oxygen atoms in total. The monoisotopic (exact) mass is 198 g/mol. The summed E-state index contributed by atoms with van der Waals surface area (Å²) in [5.74, 6) is 0. The van der Waals surface area contributed by atoms with E-state index in [9.17, 15) is 4.79 Å². The molecule has 1 heterocycles. The van der Waals surface area contributed by atoms with Crippen molar-refractivity contribution < 1.29 is 4.79 Å². The Morgan fingerprint density at radius 3 is 2.53 bits per heavy atom. The molecular weight excluding hydrogens is 188 g/mol. The second kappa shape index (κ2) is 4.00. The topological polar surface area (TPSA) is 42.9 Å². The van der Waals surface area contributed by atoms with Crippen molar-refractivity contribution in [1.82, 2.24) is 9.97 Å².